The quantitative estimate of drug-likeness (QED) is 0.758. The number of carbonyl (C=O) groups is 1. The van der Waals surface area contributed by atoms with Crippen molar-refractivity contribution >= 4 is 24.0 Å². The fraction of sp³-hybridized carbons (Fsp3) is 0.632. The Balaban J connectivity index is 0.00000264. The number of nitrogens with two attached hydrogens (primary N) is 1. The van der Waals surface area contributed by atoms with Crippen LogP contribution >= 0.6 is 12.4 Å². The predicted molar refractivity (Wildman–Crippen MR) is 99.8 cm³/mol. The fourth-order valence-electron chi connectivity index (χ4n) is 3.54. The highest BCUT2D eigenvalue weighted by atomic mass is 35.5. The summed E-state index contributed by atoms with van der Waals surface area (Å²) < 4.78 is 0. The van der Waals surface area contributed by atoms with Gasteiger partial charge in [-0.2, -0.15) is 0 Å². The average Bonchev–Trinajstić information content (AvgIpc) is 2.54. The number of hydrogen-bond acceptors (Lipinski definition) is 2. The minimum absolute atomic E-state index is 0. The van der Waals surface area contributed by atoms with Gasteiger partial charge in [-0.3, -0.25) is 4.79 Å². The summed E-state index contributed by atoms with van der Waals surface area (Å²) in [5.74, 6) is 1.47. The summed E-state index contributed by atoms with van der Waals surface area (Å²) in [5.41, 5.74) is 7.76. The van der Waals surface area contributed by atoms with E-state index in [9.17, 15) is 4.79 Å². The first-order chi connectivity index (χ1) is 10.6. The smallest absolute Gasteiger partial charge is 0.220 e. The van der Waals surface area contributed by atoms with Crippen LogP contribution in [0.1, 0.15) is 57.9 Å². The molecule has 1 aromatic carbocycles. The van der Waals surface area contributed by atoms with Gasteiger partial charge in [0.15, 0.2) is 0 Å². The second-order valence-corrected chi connectivity index (χ2v) is 6.81. The number of rotatable bonds is 6. The minimum atomic E-state index is 0. The highest BCUT2D eigenvalue weighted by molar-refractivity contribution is 5.85. The first-order valence-electron chi connectivity index (χ1n) is 8.70. The summed E-state index contributed by atoms with van der Waals surface area (Å²) in [4.78, 5) is 12.2. The highest BCUT2D eigenvalue weighted by Crippen LogP contribution is 2.31. The molecule has 2 atom stereocenters. The van der Waals surface area contributed by atoms with Crippen molar-refractivity contribution in [3.05, 3.63) is 29.8 Å². The lowest BCUT2D eigenvalue weighted by Gasteiger charge is -2.32. The lowest BCUT2D eigenvalue weighted by molar-refractivity contribution is -0.122. The lowest BCUT2D eigenvalue weighted by atomic mass is 9.78. The number of para-hydroxylation sites is 1. The van der Waals surface area contributed by atoms with Gasteiger partial charge in [0, 0.05) is 18.2 Å². The molecule has 2 unspecified atom stereocenters. The van der Waals surface area contributed by atoms with Gasteiger partial charge in [-0.05, 0) is 36.8 Å². The van der Waals surface area contributed by atoms with Crippen molar-refractivity contribution in [2.75, 3.05) is 5.73 Å². The zero-order valence-electron chi connectivity index (χ0n) is 14.4. The number of nitrogens with one attached hydrogen (secondary N) is 1. The fourth-order valence-corrected chi connectivity index (χ4v) is 3.54. The molecule has 1 aliphatic rings. The zero-order chi connectivity index (χ0) is 15.9. The first-order valence-corrected chi connectivity index (χ1v) is 8.70. The van der Waals surface area contributed by atoms with Crippen molar-refractivity contribution in [2.24, 2.45) is 11.8 Å². The van der Waals surface area contributed by atoms with Gasteiger partial charge in [-0.1, -0.05) is 57.2 Å². The lowest BCUT2D eigenvalue weighted by Crippen LogP contribution is -2.40. The molecule has 1 amide bonds. The van der Waals surface area contributed by atoms with E-state index in [0.29, 0.717) is 18.8 Å². The van der Waals surface area contributed by atoms with E-state index in [4.69, 9.17) is 5.73 Å². The molecule has 3 N–H and O–H groups in total. The molecule has 1 aliphatic carbocycles. The van der Waals surface area contributed by atoms with E-state index in [2.05, 4.69) is 19.2 Å². The van der Waals surface area contributed by atoms with Gasteiger partial charge in [0.1, 0.15) is 0 Å². The summed E-state index contributed by atoms with van der Waals surface area (Å²) in [6, 6.07) is 8.03. The maximum Gasteiger partial charge on any atom is 0.220 e. The molecule has 0 bridgehead atoms. The first kappa shape index (κ1) is 19.8. The van der Waals surface area contributed by atoms with Crippen molar-refractivity contribution < 1.29 is 4.79 Å². The molecule has 0 heterocycles. The molecule has 4 heteroatoms. The van der Waals surface area contributed by atoms with Crippen LogP contribution in [-0.4, -0.2) is 11.9 Å². The Morgan fingerprint density at radius 3 is 2.52 bits per heavy atom. The van der Waals surface area contributed by atoms with Crippen LogP contribution in [0.4, 0.5) is 5.69 Å². The molecular weight excluding hydrogens is 308 g/mol. The van der Waals surface area contributed by atoms with Gasteiger partial charge >= 0.3 is 0 Å². The number of nitrogen functional groups attached to an aromatic ring is 1. The molecule has 1 saturated carbocycles. The van der Waals surface area contributed by atoms with Crippen LogP contribution in [0.2, 0.25) is 0 Å². The molecule has 0 saturated heterocycles. The maximum absolute atomic E-state index is 12.2. The molecule has 0 spiro atoms. The molecule has 0 aliphatic heterocycles. The van der Waals surface area contributed by atoms with E-state index in [-0.39, 0.29) is 24.4 Å². The predicted octanol–water partition coefficient (Wildman–Crippen LogP) is 4.34. The molecule has 3 nitrogen and oxygen atoms in total. The highest BCUT2D eigenvalue weighted by Gasteiger charge is 2.25. The molecule has 1 aromatic rings. The maximum atomic E-state index is 12.2. The van der Waals surface area contributed by atoms with E-state index in [1.54, 1.807) is 0 Å². The molecular formula is C19H31ClN2O. The average molecular weight is 339 g/mol. The summed E-state index contributed by atoms with van der Waals surface area (Å²) in [7, 11) is 0. The van der Waals surface area contributed by atoms with Crippen molar-refractivity contribution in [1.29, 1.82) is 0 Å². The van der Waals surface area contributed by atoms with E-state index in [1.807, 2.05) is 24.3 Å². The van der Waals surface area contributed by atoms with E-state index in [1.165, 1.54) is 32.1 Å². The Labute approximate surface area is 146 Å². The van der Waals surface area contributed by atoms with Crippen molar-refractivity contribution in [3.63, 3.8) is 0 Å². The third-order valence-electron chi connectivity index (χ3n) is 5.25. The van der Waals surface area contributed by atoms with Crippen LogP contribution in [0.15, 0.2) is 24.3 Å². The minimum Gasteiger partial charge on any atom is -0.399 e. The number of benzene rings is 1. The molecule has 23 heavy (non-hydrogen) atoms. The van der Waals surface area contributed by atoms with Gasteiger partial charge in [-0.25, -0.2) is 0 Å². The molecule has 0 aromatic heterocycles. The topological polar surface area (TPSA) is 55.1 Å². The Kier molecular flexibility index (Phi) is 8.46. The van der Waals surface area contributed by atoms with Crippen molar-refractivity contribution in [3.8, 4) is 0 Å². The third-order valence-corrected chi connectivity index (χ3v) is 5.25. The standard InChI is InChI=1S/C19H30N2O.ClH/c1-14(16-8-4-3-5-9-16)15(2)21-19(22)13-12-17-10-6-7-11-18(17)20;/h6-7,10-11,14-16H,3-5,8-9,12-13,20H2,1-2H3,(H,21,22);1H. The molecule has 0 radical (unpaired) electrons. The van der Waals surface area contributed by atoms with Crippen LogP contribution in [-0.2, 0) is 11.2 Å². The van der Waals surface area contributed by atoms with Gasteiger partial charge in [0.25, 0.3) is 0 Å². The summed E-state index contributed by atoms with van der Waals surface area (Å²) in [6.07, 6.45) is 7.94. The second-order valence-electron chi connectivity index (χ2n) is 6.81. The van der Waals surface area contributed by atoms with Gasteiger partial charge < -0.3 is 11.1 Å². The Bertz CT molecular complexity index is 486. The van der Waals surface area contributed by atoms with Crippen molar-refractivity contribution in [2.45, 2.75) is 64.8 Å². The van der Waals surface area contributed by atoms with E-state index in [0.717, 1.165) is 17.2 Å². The van der Waals surface area contributed by atoms with Crippen LogP contribution in [0, 0.1) is 11.8 Å². The van der Waals surface area contributed by atoms with Gasteiger partial charge in [0.2, 0.25) is 5.91 Å². The zero-order valence-corrected chi connectivity index (χ0v) is 15.2. The molecule has 1 fully saturated rings. The van der Waals surface area contributed by atoms with Crippen molar-refractivity contribution in [1.82, 2.24) is 5.32 Å². The monoisotopic (exact) mass is 338 g/mol. The Morgan fingerprint density at radius 2 is 1.87 bits per heavy atom. The second kappa shape index (κ2) is 9.82. The van der Waals surface area contributed by atoms with Crippen LogP contribution in [0.5, 0.6) is 0 Å². The molecule has 2 rings (SSSR count). The largest absolute Gasteiger partial charge is 0.399 e. The van der Waals surface area contributed by atoms with Crippen LogP contribution in [0.3, 0.4) is 0 Å². The normalized spacial score (nSPS) is 17.8. The summed E-state index contributed by atoms with van der Waals surface area (Å²) in [5, 5.41) is 3.19. The number of carbonyl (C=O) groups excluding carboxylic acids is 1. The van der Waals surface area contributed by atoms with Crippen LogP contribution in [0.25, 0.3) is 0 Å². The summed E-state index contributed by atoms with van der Waals surface area (Å²) >= 11 is 0. The SMILES string of the molecule is CC(NC(=O)CCc1ccccc1N)C(C)C1CCCCC1.Cl. The summed E-state index contributed by atoms with van der Waals surface area (Å²) in [6.45, 7) is 4.43. The Morgan fingerprint density at radius 1 is 1.22 bits per heavy atom. The van der Waals surface area contributed by atoms with Gasteiger partial charge in [-0.15, -0.1) is 12.4 Å². The number of halogens is 1. The molecule has 130 valence electrons. The number of hydrogen-bond donors (Lipinski definition) is 2. The Hall–Kier alpha value is -1.22. The van der Waals surface area contributed by atoms with E-state index < -0.39 is 0 Å². The van der Waals surface area contributed by atoms with Crippen LogP contribution < -0.4 is 11.1 Å². The number of anilines is 1. The van der Waals surface area contributed by atoms with E-state index >= 15 is 0 Å². The number of aryl methyl sites for hydroxylation is 1. The number of amides is 1. The third kappa shape index (κ3) is 6.06. The van der Waals surface area contributed by atoms with Gasteiger partial charge in [0.05, 0.1) is 0 Å².